The van der Waals surface area contributed by atoms with E-state index in [0.29, 0.717) is 12.5 Å². The number of aromatic nitrogens is 2. The van der Waals surface area contributed by atoms with Crippen LogP contribution in [-0.4, -0.2) is 33.2 Å². The summed E-state index contributed by atoms with van der Waals surface area (Å²) in [6.45, 7) is 11.7. The summed E-state index contributed by atoms with van der Waals surface area (Å²) >= 11 is 0. The Bertz CT molecular complexity index is 518. The van der Waals surface area contributed by atoms with E-state index >= 15 is 0 Å². The molecule has 2 heterocycles. The van der Waals surface area contributed by atoms with Crippen LogP contribution in [0.3, 0.4) is 0 Å². The Morgan fingerprint density at radius 1 is 1.43 bits per heavy atom. The van der Waals surface area contributed by atoms with Crippen LogP contribution in [0.4, 0.5) is 0 Å². The van der Waals surface area contributed by atoms with Crippen LogP contribution in [0, 0.1) is 13.8 Å². The molecule has 0 N–H and O–H groups in total. The molecular formula is C17H27N3O. The van der Waals surface area contributed by atoms with Crippen molar-refractivity contribution in [3.63, 3.8) is 0 Å². The van der Waals surface area contributed by atoms with Crippen molar-refractivity contribution in [1.82, 2.24) is 14.7 Å². The summed E-state index contributed by atoms with van der Waals surface area (Å²) < 4.78 is 1.96. The lowest BCUT2D eigenvalue weighted by molar-refractivity contribution is -0.134. The molecule has 1 saturated heterocycles. The van der Waals surface area contributed by atoms with Crippen LogP contribution in [-0.2, 0) is 17.8 Å². The Kier molecular flexibility index (Phi) is 5.21. The van der Waals surface area contributed by atoms with Crippen LogP contribution in [0.2, 0.25) is 0 Å². The van der Waals surface area contributed by atoms with E-state index in [4.69, 9.17) is 0 Å². The number of piperidine rings is 1. The minimum Gasteiger partial charge on any atom is -0.340 e. The molecule has 1 aromatic heterocycles. The fourth-order valence-corrected chi connectivity index (χ4v) is 3.24. The lowest BCUT2D eigenvalue weighted by atomic mass is 10.0. The van der Waals surface area contributed by atoms with Gasteiger partial charge in [-0.05, 0) is 52.0 Å². The van der Waals surface area contributed by atoms with E-state index in [0.717, 1.165) is 43.7 Å². The summed E-state index contributed by atoms with van der Waals surface area (Å²) in [7, 11) is 0. The van der Waals surface area contributed by atoms with Crippen molar-refractivity contribution < 1.29 is 4.79 Å². The highest BCUT2D eigenvalue weighted by Gasteiger charge is 2.23. The maximum atomic E-state index is 12.4. The van der Waals surface area contributed by atoms with Gasteiger partial charge in [0.2, 0.25) is 5.91 Å². The first-order chi connectivity index (χ1) is 10.0. The molecule has 4 heteroatoms. The van der Waals surface area contributed by atoms with Gasteiger partial charge in [0.05, 0.1) is 12.2 Å². The van der Waals surface area contributed by atoms with Crippen LogP contribution < -0.4 is 0 Å². The molecule has 116 valence electrons. The van der Waals surface area contributed by atoms with Crippen molar-refractivity contribution in [2.75, 3.05) is 6.54 Å². The highest BCUT2D eigenvalue weighted by Crippen LogP contribution is 2.20. The van der Waals surface area contributed by atoms with Gasteiger partial charge in [0.25, 0.3) is 0 Å². The Hall–Kier alpha value is -1.58. The second kappa shape index (κ2) is 6.92. The molecule has 1 aliphatic rings. The topological polar surface area (TPSA) is 38.1 Å². The number of nitrogens with zero attached hydrogens (tertiary/aromatic N) is 3. The number of aryl methyl sites for hydroxylation is 1. The molecule has 1 aliphatic heterocycles. The summed E-state index contributed by atoms with van der Waals surface area (Å²) in [5.74, 6) is 0.289. The standard InChI is InChI=1S/C17H27N3O/c1-5-11-20-15(4)16(14(3)18-20)9-10-17(21)19-12-7-6-8-13(19)2/h5,13H,1,6-12H2,2-4H3/t13-/m1/s1. The third-order valence-electron chi connectivity index (χ3n) is 4.55. The second-order valence-corrected chi connectivity index (χ2v) is 6.05. The van der Waals surface area contributed by atoms with E-state index in [1.54, 1.807) is 0 Å². The van der Waals surface area contributed by atoms with Crippen molar-refractivity contribution in [3.05, 3.63) is 29.6 Å². The van der Waals surface area contributed by atoms with E-state index in [2.05, 4.69) is 30.4 Å². The quantitative estimate of drug-likeness (QED) is 0.782. The van der Waals surface area contributed by atoms with E-state index in [1.807, 2.05) is 17.7 Å². The average Bonchev–Trinajstić information content (AvgIpc) is 2.72. The van der Waals surface area contributed by atoms with Crippen molar-refractivity contribution in [2.24, 2.45) is 0 Å². The summed E-state index contributed by atoms with van der Waals surface area (Å²) in [5, 5.41) is 4.53. The number of likely N-dealkylation sites (tertiary alicyclic amines) is 1. The Balaban J connectivity index is 1.99. The average molecular weight is 289 g/mol. The number of hydrogen-bond donors (Lipinski definition) is 0. The van der Waals surface area contributed by atoms with Gasteiger partial charge < -0.3 is 4.90 Å². The monoisotopic (exact) mass is 289 g/mol. The zero-order chi connectivity index (χ0) is 15.4. The lowest BCUT2D eigenvalue weighted by Gasteiger charge is -2.33. The molecule has 0 bridgehead atoms. The van der Waals surface area contributed by atoms with E-state index < -0.39 is 0 Å². The molecular weight excluding hydrogens is 262 g/mol. The smallest absolute Gasteiger partial charge is 0.223 e. The first-order valence-corrected chi connectivity index (χ1v) is 7.97. The Labute approximate surface area is 127 Å². The Morgan fingerprint density at radius 3 is 2.86 bits per heavy atom. The zero-order valence-electron chi connectivity index (χ0n) is 13.6. The number of allylic oxidation sites excluding steroid dienone is 1. The minimum atomic E-state index is 0.289. The fourth-order valence-electron chi connectivity index (χ4n) is 3.24. The first-order valence-electron chi connectivity index (χ1n) is 7.97. The fraction of sp³-hybridized carbons (Fsp3) is 0.647. The first kappa shape index (κ1) is 15.8. The Morgan fingerprint density at radius 2 is 2.19 bits per heavy atom. The van der Waals surface area contributed by atoms with Crippen LogP contribution in [0.5, 0.6) is 0 Å². The van der Waals surface area contributed by atoms with Gasteiger partial charge in [-0.25, -0.2) is 0 Å². The predicted molar refractivity (Wildman–Crippen MR) is 85.2 cm³/mol. The van der Waals surface area contributed by atoms with Crippen molar-refractivity contribution in [1.29, 1.82) is 0 Å². The van der Waals surface area contributed by atoms with Gasteiger partial charge in [-0.1, -0.05) is 6.08 Å². The van der Waals surface area contributed by atoms with E-state index in [-0.39, 0.29) is 5.91 Å². The summed E-state index contributed by atoms with van der Waals surface area (Å²) in [5.41, 5.74) is 3.41. The van der Waals surface area contributed by atoms with Crippen LogP contribution in [0.1, 0.15) is 49.6 Å². The third-order valence-corrected chi connectivity index (χ3v) is 4.55. The normalized spacial score (nSPS) is 18.8. The minimum absolute atomic E-state index is 0.289. The van der Waals surface area contributed by atoms with Gasteiger partial charge in [0, 0.05) is 24.7 Å². The lowest BCUT2D eigenvalue weighted by Crippen LogP contribution is -2.42. The zero-order valence-corrected chi connectivity index (χ0v) is 13.6. The SMILES string of the molecule is C=CCn1nc(C)c(CCC(=O)N2CCCC[C@H]2C)c1C. The molecule has 4 nitrogen and oxygen atoms in total. The molecule has 1 aromatic rings. The summed E-state index contributed by atoms with van der Waals surface area (Å²) in [4.78, 5) is 14.5. The molecule has 1 amide bonds. The molecule has 2 rings (SSSR count). The summed E-state index contributed by atoms with van der Waals surface area (Å²) in [6.07, 6.45) is 6.76. The van der Waals surface area contributed by atoms with Gasteiger partial charge in [-0.15, -0.1) is 6.58 Å². The molecule has 0 radical (unpaired) electrons. The van der Waals surface area contributed by atoms with Crippen molar-refractivity contribution >= 4 is 5.91 Å². The number of carbonyl (C=O) groups is 1. The highest BCUT2D eigenvalue weighted by molar-refractivity contribution is 5.77. The van der Waals surface area contributed by atoms with Gasteiger partial charge in [0.1, 0.15) is 0 Å². The van der Waals surface area contributed by atoms with Gasteiger partial charge in [-0.2, -0.15) is 5.10 Å². The third kappa shape index (κ3) is 3.55. The molecule has 21 heavy (non-hydrogen) atoms. The maximum Gasteiger partial charge on any atom is 0.223 e. The molecule has 0 aromatic carbocycles. The molecule has 1 fully saturated rings. The molecule has 0 aliphatic carbocycles. The molecule has 1 atom stereocenters. The number of rotatable bonds is 5. The van der Waals surface area contributed by atoms with Gasteiger partial charge in [0.15, 0.2) is 0 Å². The maximum absolute atomic E-state index is 12.4. The van der Waals surface area contributed by atoms with E-state index in [1.165, 1.54) is 12.0 Å². The molecule has 0 unspecified atom stereocenters. The van der Waals surface area contributed by atoms with Crippen molar-refractivity contribution in [2.45, 2.75) is 65.5 Å². The van der Waals surface area contributed by atoms with E-state index in [9.17, 15) is 4.79 Å². The molecule has 0 saturated carbocycles. The number of hydrogen-bond acceptors (Lipinski definition) is 2. The van der Waals surface area contributed by atoms with Gasteiger partial charge >= 0.3 is 0 Å². The number of carbonyl (C=O) groups excluding carboxylic acids is 1. The van der Waals surface area contributed by atoms with Gasteiger partial charge in [-0.3, -0.25) is 9.48 Å². The summed E-state index contributed by atoms with van der Waals surface area (Å²) in [6, 6.07) is 0.400. The van der Waals surface area contributed by atoms with Crippen LogP contribution in [0.25, 0.3) is 0 Å². The van der Waals surface area contributed by atoms with Crippen LogP contribution in [0.15, 0.2) is 12.7 Å². The predicted octanol–water partition coefficient (Wildman–Crippen LogP) is 3.02. The molecule has 0 spiro atoms. The largest absolute Gasteiger partial charge is 0.340 e. The highest BCUT2D eigenvalue weighted by atomic mass is 16.2. The number of amides is 1. The van der Waals surface area contributed by atoms with Crippen molar-refractivity contribution in [3.8, 4) is 0 Å². The van der Waals surface area contributed by atoms with Crippen LogP contribution >= 0.6 is 0 Å². The second-order valence-electron chi connectivity index (χ2n) is 6.05.